The molecule has 10 heteroatoms. The maximum atomic E-state index is 12.2. The van der Waals surface area contributed by atoms with E-state index in [1.165, 1.54) is 0 Å². The Labute approximate surface area is 204 Å². The molecule has 0 unspecified atom stereocenters. The molecule has 3 N–H and O–H groups in total. The van der Waals surface area contributed by atoms with Gasteiger partial charge in [0.05, 0.1) is 41.0 Å². The summed E-state index contributed by atoms with van der Waals surface area (Å²) in [6.07, 6.45) is 12.7. The minimum atomic E-state index is 0.0530. The molecule has 36 heavy (non-hydrogen) atoms. The SMILES string of the molecule is Cc1cn(-c2ccnc3[nH]c(-c4[nH]nc5ncc(-c6cncc(NC(=O)C7CC7)c6)cc45)cc23)cn1. The molecule has 10 nitrogen and oxygen atoms in total. The number of pyridine rings is 3. The first kappa shape index (κ1) is 20.5. The van der Waals surface area contributed by atoms with Crippen molar-refractivity contribution in [1.29, 1.82) is 0 Å². The summed E-state index contributed by atoms with van der Waals surface area (Å²) in [4.78, 5) is 33.3. The number of aromatic amines is 2. The molecule has 0 aliphatic heterocycles. The van der Waals surface area contributed by atoms with Crippen molar-refractivity contribution in [3.63, 3.8) is 0 Å². The zero-order valence-corrected chi connectivity index (χ0v) is 19.4. The number of carbonyl (C=O) groups is 1. The highest BCUT2D eigenvalue weighted by Gasteiger charge is 2.29. The zero-order valence-electron chi connectivity index (χ0n) is 19.4. The third-order valence-electron chi connectivity index (χ3n) is 6.46. The molecule has 6 aromatic heterocycles. The number of anilines is 1. The average molecular weight is 476 g/mol. The van der Waals surface area contributed by atoms with Gasteiger partial charge in [-0.25, -0.2) is 15.0 Å². The van der Waals surface area contributed by atoms with Crippen LogP contribution >= 0.6 is 0 Å². The van der Waals surface area contributed by atoms with Crippen LogP contribution in [0.4, 0.5) is 5.69 Å². The molecular formula is C26H21N9O. The highest BCUT2D eigenvalue weighted by molar-refractivity contribution is 5.98. The molecule has 1 aliphatic carbocycles. The van der Waals surface area contributed by atoms with Gasteiger partial charge in [-0.15, -0.1) is 0 Å². The fourth-order valence-electron chi connectivity index (χ4n) is 4.44. The lowest BCUT2D eigenvalue weighted by molar-refractivity contribution is -0.117. The van der Waals surface area contributed by atoms with E-state index in [-0.39, 0.29) is 11.8 Å². The van der Waals surface area contributed by atoms with Crippen molar-refractivity contribution >= 4 is 33.7 Å². The van der Waals surface area contributed by atoms with Gasteiger partial charge in [0.1, 0.15) is 5.65 Å². The molecule has 176 valence electrons. The second-order valence-electron chi connectivity index (χ2n) is 9.12. The summed E-state index contributed by atoms with van der Waals surface area (Å²) in [6.45, 7) is 1.96. The molecule has 6 aromatic rings. The first-order valence-corrected chi connectivity index (χ1v) is 11.7. The average Bonchev–Trinajstić information content (AvgIpc) is 3.30. The monoisotopic (exact) mass is 475 g/mol. The number of rotatable bonds is 5. The summed E-state index contributed by atoms with van der Waals surface area (Å²) in [5, 5.41) is 12.3. The van der Waals surface area contributed by atoms with Crippen molar-refractivity contribution in [1.82, 2.24) is 39.7 Å². The van der Waals surface area contributed by atoms with Crippen molar-refractivity contribution in [2.24, 2.45) is 5.92 Å². The minimum absolute atomic E-state index is 0.0530. The number of H-pyrrole nitrogens is 2. The maximum Gasteiger partial charge on any atom is 0.227 e. The van der Waals surface area contributed by atoms with E-state index < -0.39 is 0 Å². The van der Waals surface area contributed by atoms with Gasteiger partial charge in [-0.05, 0) is 44.0 Å². The number of carbonyl (C=O) groups excluding carboxylic acids is 1. The van der Waals surface area contributed by atoms with Crippen LogP contribution in [0.25, 0.3) is 50.3 Å². The number of fused-ring (bicyclic) bond motifs is 2. The van der Waals surface area contributed by atoms with Crippen LogP contribution in [0.1, 0.15) is 18.5 Å². The highest BCUT2D eigenvalue weighted by atomic mass is 16.2. The van der Waals surface area contributed by atoms with Gasteiger partial charge in [0.15, 0.2) is 5.65 Å². The predicted molar refractivity (Wildman–Crippen MR) is 135 cm³/mol. The van der Waals surface area contributed by atoms with Crippen LogP contribution in [-0.2, 0) is 4.79 Å². The number of nitrogens with one attached hydrogen (secondary N) is 3. The normalized spacial score (nSPS) is 13.5. The number of aryl methyl sites for hydroxylation is 1. The number of nitrogens with zero attached hydrogens (tertiary/aromatic N) is 6. The van der Waals surface area contributed by atoms with Gasteiger partial charge in [-0.1, -0.05) is 0 Å². The molecule has 0 saturated heterocycles. The second-order valence-corrected chi connectivity index (χ2v) is 9.12. The van der Waals surface area contributed by atoms with Crippen molar-refractivity contribution in [3.05, 3.63) is 67.3 Å². The summed E-state index contributed by atoms with van der Waals surface area (Å²) in [7, 11) is 0. The first-order valence-electron chi connectivity index (χ1n) is 11.7. The molecule has 0 spiro atoms. The molecule has 7 rings (SSSR count). The lowest BCUT2D eigenvalue weighted by Gasteiger charge is -2.07. The molecule has 0 bridgehead atoms. The Morgan fingerprint density at radius 3 is 2.78 bits per heavy atom. The fourth-order valence-corrected chi connectivity index (χ4v) is 4.44. The van der Waals surface area contributed by atoms with Gasteiger partial charge in [-0.3, -0.25) is 14.9 Å². The highest BCUT2D eigenvalue weighted by Crippen LogP contribution is 2.33. The van der Waals surface area contributed by atoms with Crippen molar-refractivity contribution in [2.75, 3.05) is 5.32 Å². The van der Waals surface area contributed by atoms with Gasteiger partial charge in [0.2, 0.25) is 5.91 Å². The van der Waals surface area contributed by atoms with E-state index in [1.807, 2.05) is 35.9 Å². The molecule has 0 atom stereocenters. The Balaban J connectivity index is 1.28. The smallest absolute Gasteiger partial charge is 0.227 e. The largest absolute Gasteiger partial charge is 0.338 e. The van der Waals surface area contributed by atoms with Gasteiger partial charge in [0.25, 0.3) is 0 Å². The molecule has 1 fully saturated rings. The lowest BCUT2D eigenvalue weighted by atomic mass is 10.1. The van der Waals surface area contributed by atoms with E-state index in [2.05, 4.69) is 46.5 Å². The van der Waals surface area contributed by atoms with E-state index in [0.717, 1.165) is 63.2 Å². The zero-order chi connectivity index (χ0) is 24.2. The molecule has 1 aliphatic rings. The van der Waals surface area contributed by atoms with Crippen LogP contribution in [0.2, 0.25) is 0 Å². The van der Waals surface area contributed by atoms with Gasteiger partial charge in [-0.2, -0.15) is 5.10 Å². The Hall–Kier alpha value is -4.86. The summed E-state index contributed by atoms with van der Waals surface area (Å²) in [5.41, 5.74) is 7.40. The van der Waals surface area contributed by atoms with E-state index in [0.29, 0.717) is 11.3 Å². The van der Waals surface area contributed by atoms with Crippen molar-refractivity contribution in [3.8, 4) is 28.2 Å². The van der Waals surface area contributed by atoms with Crippen LogP contribution in [-0.4, -0.2) is 45.6 Å². The molecule has 1 saturated carbocycles. The number of hydrogen-bond donors (Lipinski definition) is 3. The molecule has 6 heterocycles. The van der Waals surface area contributed by atoms with Crippen LogP contribution in [0.5, 0.6) is 0 Å². The van der Waals surface area contributed by atoms with E-state index in [4.69, 9.17) is 0 Å². The molecule has 0 aromatic carbocycles. The molecule has 1 amide bonds. The minimum Gasteiger partial charge on any atom is -0.338 e. The maximum absolute atomic E-state index is 12.2. The van der Waals surface area contributed by atoms with Gasteiger partial charge >= 0.3 is 0 Å². The third kappa shape index (κ3) is 3.50. The topological polar surface area (TPSA) is 130 Å². The second kappa shape index (κ2) is 7.84. The number of imidazole rings is 1. The van der Waals surface area contributed by atoms with Crippen LogP contribution < -0.4 is 5.32 Å². The van der Waals surface area contributed by atoms with Crippen LogP contribution in [0, 0.1) is 12.8 Å². The van der Waals surface area contributed by atoms with Crippen molar-refractivity contribution in [2.45, 2.75) is 19.8 Å². The van der Waals surface area contributed by atoms with Gasteiger partial charge in [0, 0.05) is 52.6 Å². The van der Waals surface area contributed by atoms with Crippen LogP contribution in [0.15, 0.2) is 61.6 Å². The van der Waals surface area contributed by atoms with E-state index in [9.17, 15) is 4.79 Å². The van der Waals surface area contributed by atoms with E-state index >= 15 is 0 Å². The Bertz CT molecular complexity index is 1770. The Morgan fingerprint density at radius 2 is 1.94 bits per heavy atom. The summed E-state index contributed by atoms with van der Waals surface area (Å²) in [5.74, 6) is 0.182. The first-order chi connectivity index (χ1) is 17.6. The quantitative estimate of drug-likeness (QED) is 0.339. The fraction of sp³-hybridized carbons (Fsp3) is 0.154. The summed E-state index contributed by atoms with van der Waals surface area (Å²) in [6, 6.07) is 7.97. The lowest BCUT2D eigenvalue weighted by Crippen LogP contribution is -2.13. The molecule has 0 radical (unpaired) electrons. The third-order valence-corrected chi connectivity index (χ3v) is 6.46. The van der Waals surface area contributed by atoms with Crippen molar-refractivity contribution < 1.29 is 4.79 Å². The van der Waals surface area contributed by atoms with Gasteiger partial charge < -0.3 is 14.9 Å². The summed E-state index contributed by atoms with van der Waals surface area (Å²) >= 11 is 0. The number of amides is 1. The Kier molecular flexibility index (Phi) is 4.47. The number of aromatic nitrogens is 8. The number of hydrogen-bond acceptors (Lipinski definition) is 6. The van der Waals surface area contributed by atoms with E-state index in [1.54, 1.807) is 31.1 Å². The molecular weight excluding hydrogens is 454 g/mol. The van der Waals surface area contributed by atoms with Crippen LogP contribution in [0.3, 0.4) is 0 Å². The summed E-state index contributed by atoms with van der Waals surface area (Å²) < 4.78 is 1.99. The predicted octanol–water partition coefficient (Wildman–Crippen LogP) is 4.41. The Morgan fingerprint density at radius 1 is 1.06 bits per heavy atom. The standard InChI is InChI=1S/C26H21N9O/c1-14-12-35(13-30-14)22-4-5-28-24-19(22)8-21(32-24)23-20-7-17(10-29-25(20)34-33-23)16-6-18(11-27-9-16)31-26(36)15-2-3-15/h4-13,15H,2-3H2,1H3,(H,28,32)(H,31,36)(H,29,33,34).